The zero-order valence-electron chi connectivity index (χ0n) is 17.2. The predicted molar refractivity (Wildman–Crippen MR) is 126 cm³/mol. The van der Waals surface area contributed by atoms with Crippen molar-refractivity contribution in [2.45, 2.75) is 32.0 Å². The van der Waals surface area contributed by atoms with Crippen molar-refractivity contribution in [1.82, 2.24) is 14.7 Å². The Morgan fingerprint density at radius 2 is 1.61 bits per heavy atom. The van der Waals surface area contributed by atoms with Crippen LogP contribution in [0.1, 0.15) is 24.0 Å². The highest BCUT2D eigenvalue weighted by Gasteiger charge is 2.27. The van der Waals surface area contributed by atoms with Crippen LogP contribution in [0, 0.1) is 11.6 Å². The molecular formula is C23H26Br2F2N4. The summed E-state index contributed by atoms with van der Waals surface area (Å²) < 4.78 is 29.5. The first-order valence-electron chi connectivity index (χ1n) is 10.4. The molecule has 31 heavy (non-hydrogen) atoms. The third-order valence-electron chi connectivity index (χ3n) is 5.78. The van der Waals surface area contributed by atoms with Gasteiger partial charge in [-0.2, -0.15) is 0 Å². The number of halogens is 4. The van der Waals surface area contributed by atoms with E-state index in [-0.39, 0.29) is 17.7 Å². The SMILES string of the molecule is NC1CCCN(C2=CCN(Cc3cc(F)ccc3Br)CN2Cc2cc(F)ccc2Br)C1. The van der Waals surface area contributed by atoms with Crippen LogP contribution >= 0.6 is 31.9 Å². The summed E-state index contributed by atoms with van der Waals surface area (Å²) in [6.45, 7) is 4.38. The number of likely N-dealkylation sites (tertiary alicyclic amines) is 1. The van der Waals surface area contributed by atoms with Crippen molar-refractivity contribution in [1.29, 1.82) is 0 Å². The predicted octanol–water partition coefficient (Wildman–Crippen LogP) is 5.03. The van der Waals surface area contributed by atoms with Gasteiger partial charge in [-0.25, -0.2) is 8.78 Å². The van der Waals surface area contributed by atoms with Crippen molar-refractivity contribution in [3.05, 3.63) is 80.0 Å². The van der Waals surface area contributed by atoms with Crippen LogP contribution in [-0.4, -0.2) is 47.0 Å². The Morgan fingerprint density at radius 3 is 2.26 bits per heavy atom. The second-order valence-electron chi connectivity index (χ2n) is 8.23. The lowest BCUT2D eigenvalue weighted by Crippen LogP contribution is -2.50. The van der Waals surface area contributed by atoms with E-state index in [4.69, 9.17) is 5.73 Å². The Bertz CT molecular complexity index is 969. The van der Waals surface area contributed by atoms with E-state index < -0.39 is 0 Å². The van der Waals surface area contributed by atoms with Gasteiger partial charge in [0.25, 0.3) is 0 Å². The summed E-state index contributed by atoms with van der Waals surface area (Å²) in [5.74, 6) is 0.649. The quantitative estimate of drug-likeness (QED) is 0.561. The minimum absolute atomic E-state index is 0.165. The molecule has 2 aromatic carbocycles. The smallest absolute Gasteiger partial charge is 0.123 e. The standard InChI is InChI=1S/C23H26Br2F2N4/c24-21-5-3-18(26)10-16(21)12-29-9-7-23(30-8-1-2-20(28)14-30)31(15-29)13-17-11-19(27)4-6-22(17)25/h3-7,10-11,20H,1-2,8-9,12-15,28H2. The zero-order chi connectivity index (χ0) is 22.0. The molecule has 1 fully saturated rings. The molecule has 0 bridgehead atoms. The molecule has 0 aromatic heterocycles. The monoisotopic (exact) mass is 554 g/mol. The van der Waals surface area contributed by atoms with Crippen molar-refractivity contribution in [3.63, 3.8) is 0 Å². The summed E-state index contributed by atoms with van der Waals surface area (Å²) in [5, 5.41) is 0. The van der Waals surface area contributed by atoms with Crippen LogP contribution < -0.4 is 5.73 Å². The van der Waals surface area contributed by atoms with E-state index >= 15 is 0 Å². The summed E-state index contributed by atoms with van der Waals surface area (Å²) in [6.07, 6.45) is 4.32. The topological polar surface area (TPSA) is 35.7 Å². The third kappa shape index (κ3) is 5.66. The zero-order valence-corrected chi connectivity index (χ0v) is 20.4. The molecule has 1 atom stereocenters. The van der Waals surface area contributed by atoms with E-state index in [1.165, 1.54) is 12.1 Å². The number of nitrogens with two attached hydrogens (primary N) is 1. The van der Waals surface area contributed by atoms with Gasteiger partial charge in [0.2, 0.25) is 0 Å². The first-order valence-corrected chi connectivity index (χ1v) is 12.0. The van der Waals surface area contributed by atoms with E-state index in [2.05, 4.69) is 52.6 Å². The lowest BCUT2D eigenvalue weighted by Gasteiger charge is -2.44. The number of hydrogen-bond acceptors (Lipinski definition) is 4. The van der Waals surface area contributed by atoms with Crippen LogP contribution in [0.4, 0.5) is 8.78 Å². The Hall–Kier alpha value is -1.48. The fourth-order valence-electron chi connectivity index (χ4n) is 4.28. The average Bonchev–Trinajstić information content (AvgIpc) is 2.74. The molecule has 0 spiro atoms. The lowest BCUT2D eigenvalue weighted by molar-refractivity contribution is 0.0864. The van der Waals surface area contributed by atoms with E-state index in [9.17, 15) is 8.78 Å². The summed E-state index contributed by atoms with van der Waals surface area (Å²) in [4.78, 5) is 6.85. The van der Waals surface area contributed by atoms with Crippen LogP contribution in [0.15, 0.2) is 57.2 Å². The van der Waals surface area contributed by atoms with E-state index in [1.54, 1.807) is 24.3 Å². The largest absolute Gasteiger partial charge is 0.357 e. The highest BCUT2D eigenvalue weighted by Crippen LogP contribution is 2.28. The third-order valence-corrected chi connectivity index (χ3v) is 7.33. The van der Waals surface area contributed by atoms with Crippen molar-refractivity contribution < 1.29 is 8.78 Å². The van der Waals surface area contributed by atoms with Gasteiger partial charge in [-0.3, -0.25) is 4.90 Å². The van der Waals surface area contributed by atoms with Gasteiger partial charge < -0.3 is 15.5 Å². The maximum atomic E-state index is 13.9. The van der Waals surface area contributed by atoms with Crippen molar-refractivity contribution in [3.8, 4) is 0 Å². The maximum Gasteiger partial charge on any atom is 0.123 e. The van der Waals surface area contributed by atoms with Crippen molar-refractivity contribution in [2.24, 2.45) is 5.73 Å². The molecule has 1 unspecified atom stereocenters. The van der Waals surface area contributed by atoms with Crippen molar-refractivity contribution in [2.75, 3.05) is 26.3 Å². The molecule has 0 amide bonds. The molecule has 4 nitrogen and oxygen atoms in total. The first-order chi connectivity index (χ1) is 14.9. The second kappa shape index (κ2) is 9.98. The van der Waals surface area contributed by atoms with Crippen molar-refractivity contribution >= 4 is 31.9 Å². The summed E-state index contributed by atoms with van der Waals surface area (Å²) in [5.41, 5.74) is 8.03. The molecule has 8 heteroatoms. The molecule has 1 saturated heterocycles. The second-order valence-corrected chi connectivity index (χ2v) is 9.94. The van der Waals surface area contributed by atoms with Gasteiger partial charge in [0, 0.05) is 47.7 Å². The maximum absolute atomic E-state index is 13.9. The molecule has 0 saturated carbocycles. The molecule has 0 radical (unpaired) electrons. The van der Waals surface area contributed by atoms with Crippen LogP contribution in [0.25, 0.3) is 0 Å². The highest BCUT2D eigenvalue weighted by molar-refractivity contribution is 9.10. The Kier molecular flexibility index (Phi) is 7.31. The number of nitrogens with zero attached hydrogens (tertiary/aromatic N) is 3. The molecular weight excluding hydrogens is 530 g/mol. The van der Waals surface area contributed by atoms with Crippen LogP contribution in [-0.2, 0) is 13.1 Å². The summed E-state index contributed by atoms with van der Waals surface area (Å²) in [6, 6.07) is 9.71. The molecule has 2 aliphatic rings. The van der Waals surface area contributed by atoms with Gasteiger partial charge in [0.05, 0.1) is 6.67 Å². The Morgan fingerprint density at radius 1 is 0.968 bits per heavy atom. The van der Waals surface area contributed by atoms with Crippen LogP contribution in [0.3, 0.4) is 0 Å². The Balaban J connectivity index is 1.58. The van der Waals surface area contributed by atoms with Gasteiger partial charge in [0.1, 0.15) is 17.5 Å². The van der Waals surface area contributed by atoms with Gasteiger partial charge in [-0.05, 0) is 66.4 Å². The number of piperidine rings is 1. The number of benzene rings is 2. The Labute approximate surface area is 198 Å². The van der Waals surface area contributed by atoms with Gasteiger partial charge >= 0.3 is 0 Å². The minimum Gasteiger partial charge on any atom is -0.357 e. The normalized spacial score (nSPS) is 20.2. The molecule has 2 heterocycles. The number of hydrogen-bond donors (Lipinski definition) is 1. The van der Waals surface area contributed by atoms with Crippen LogP contribution in [0.5, 0.6) is 0 Å². The molecule has 2 aliphatic heterocycles. The summed E-state index contributed by atoms with van der Waals surface area (Å²) >= 11 is 7.09. The van der Waals surface area contributed by atoms with Gasteiger partial charge in [-0.1, -0.05) is 31.9 Å². The summed E-state index contributed by atoms with van der Waals surface area (Å²) in [7, 11) is 0. The van der Waals surface area contributed by atoms with Gasteiger partial charge in [0.15, 0.2) is 0 Å². The molecule has 2 N–H and O–H groups in total. The fraction of sp³-hybridized carbons (Fsp3) is 0.391. The first kappa shape index (κ1) is 22.7. The minimum atomic E-state index is -0.249. The molecule has 0 aliphatic carbocycles. The van der Waals surface area contributed by atoms with Gasteiger partial charge in [-0.15, -0.1) is 0 Å². The highest BCUT2D eigenvalue weighted by atomic mass is 79.9. The van der Waals surface area contributed by atoms with E-state index in [0.29, 0.717) is 19.8 Å². The molecule has 2 aromatic rings. The lowest BCUT2D eigenvalue weighted by atomic mass is 10.1. The van der Waals surface area contributed by atoms with E-state index in [1.807, 2.05) is 0 Å². The molecule has 166 valence electrons. The van der Waals surface area contributed by atoms with E-state index in [0.717, 1.165) is 58.4 Å². The fourth-order valence-corrected chi connectivity index (χ4v) is 5.02. The molecule has 4 rings (SSSR count). The number of rotatable bonds is 5. The average molecular weight is 556 g/mol. The van der Waals surface area contributed by atoms with Crippen LogP contribution in [0.2, 0.25) is 0 Å².